The zero-order valence-corrected chi connectivity index (χ0v) is 32.5. The third-order valence-electron chi connectivity index (χ3n) is 11.7. The van der Waals surface area contributed by atoms with E-state index in [0.717, 1.165) is 85.5 Å². The van der Waals surface area contributed by atoms with E-state index in [-0.39, 0.29) is 17.8 Å². The maximum Gasteiger partial charge on any atom is 0.307 e. The second-order valence-corrected chi connectivity index (χ2v) is 15.8. The van der Waals surface area contributed by atoms with Crippen LogP contribution in [0.4, 0.5) is 5.69 Å². The summed E-state index contributed by atoms with van der Waals surface area (Å²) in [7, 11) is 1.88. The Morgan fingerprint density at radius 1 is 0.709 bits per heavy atom. The van der Waals surface area contributed by atoms with Gasteiger partial charge in [0.05, 0.1) is 17.8 Å². The predicted molar refractivity (Wildman–Crippen MR) is 216 cm³/mol. The van der Waals surface area contributed by atoms with Crippen LogP contribution in [0.1, 0.15) is 54.0 Å². The second-order valence-electron chi connectivity index (χ2n) is 15.8. The van der Waals surface area contributed by atoms with Gasteiger partial charge in [-0.25, -0.2) is 0 Å². The molecule has 3 aromatic carbocycles. The molecule has 6 atom stereocenters. The first kappa shape index (κ1) is 41.9. The Morgan fingerprint density at radius 2 is 1.22 bits per heavy atom. The van der Waals surface area contributed by atoms with Crippen molar-refractivity contribution < 1.29 is 29.7 Å². The molecule has 0 aliphatic carbocycles. The Bertz CT molecular complexity index is 1690. The Balaban J connectivity index is 1.30. The maximum absolute atomic E-state index is 12.3. The highest BCUT2D eigenvalue weighted by atomic mass is 16.4. The summed E-state index contributed by atoms with van der Waals surface area (Å²) in [6.07, 6.45) is 4.00. The molecule has 2 saturated heterocycles. The lowest BCUT2D eigenvalue weighted by Crippen LogP contribution is -2.29. The summed E-state index contributed by atoms with van der Waals surface area (Å²) < 4.78 is 0. The number of carboxylic acid groups (broad SMARTS) is 3. The lowest BCUT2D eigenvalue weighted by molar-refractivity contribution is -0.144. The van der Waals surface area contributed by atoms with E-state index in [1.54, 1.807) is 0 Å². The Labute approximate surface area is 326 Å². The largest absolute Gasteiger partial charge is 0.481 e. The van der Waals surface area contributed by atoms with E-state index in [9.17, 15) is 29.7 Å². The normalized spacial score (nSPS) is 19.2. The van der Waals surface area contributed by atoms with Crippen LogP contribution in [-0.4, -0.2) is 91.0 Å². The molecule has 0 bridgehead atoms. The van der Waals surface area contributed by atoms with Crippen LogP contribution in [0.5, 0.6) is 0 Å². The fourth-order valence-corrected chi connectivity index (χ4v) is 8.43. The highest BCUT2D eigenvalue weighted by molar-refractivity contribution is 5.72. The van der Waals surface area contributed by atoms with E-state index >= 15 is 0 Å². The number of aliphatic carboxylic acids is 3. The van der Waals surface area contributed by atoms with Crippen LogP contribution < -0.4 is 21.3 Å². The van der Waals surface area contributed by atoms with Crippen molar-refractivity contribution in [2.45, 2.75) is 58.5 Å². The molecule has 11 heteroatoms. The van der Waals surface area contributed by atoms with Gasteiger partial charge in [-0.05, 0) is 136 Å². The van der Waals surface area contributed by atoms with Crippen molar-refractivity contribution in [2.24, 2.45) is 35.5 Å². The number of nitrogens with zero attached hydrogens (tertiary/aromatic N) is 1. The molecule has 0 saturated carbocycles. The average molecular weight is 756 g/mol. The lowest BCUT2D eigenvalue weighted by atomic mass is 9.85. The van der Waals surface area contributed by atoms with Crippen molar-refractivity contribution in [1.82, 2.24) is 20.9 Å². The van der Waals surface area contributed by atoms with E-state index in [1.807, 2.05) is 56.4 Å². The highest BCUT2D eigenvalue weighted by Gasteiger charge is 2.32. The first-order valence-electron chi connectivity index (χ1n) is 20.0. The molecule has 2 heterocycles. The second kappa shape index (κ2) is 21.1. The summed E-state index contributed by atoms with van der Waals surface area (Å²) >= 11 is 0. The third-order valence-corrected chi connectivity index (χ3v) is 11.7. The SMILES string of the molecule is CNCC[C@@H](C)[C@H](Cc1cccc(CN(CCNc2cccc(C[C@H](C(=O)O)[C@H]3CCNC3)c2)Cc2cccc(C[C@H](C(=O)O)[C@H]3CCNC3)c2)c1)C(=O)O. The molecule has 7 N–H and O–H groups in total. The number of hydrogen-bond acceptors (Lipinski definition) is 8. The first-order valence-corrected chi connectivity index (χ1v) is 20.0. The lowest BCUT2D eigenvalue weighted by Gasteiger charge is -2.25. The van der Waals surface area contributed by atoms with Gasteiger partial charge in [0.1, 0.15) is 0 Å². The van der Waals surface area contributed by atoms with Crippen LogP contribution in [0, 0.1) is 35.5 Å². The van der Waals surface area contributed by atoms with E-state index < -0.39 is 35.7 Å². The van der Waals surface area contributed by atoms with Gasteiger partial charge in [-0.3, -0.25) is 19.3 Å². The van der Waals surface area contributed by atoms with Gasteiger partial charge in [0.15, 0.2) is 0 Å². The Morgan fingerprint density at radius 3 is 1.71 bits per heavy atom. The van der Waals surface area contributed by atoms with Crippen LogP contribution in [0.2, 0.25) is 0 Å². The zero-order valence-electron chi connectivity index (χ0n) is 32.5. The van der Waals surface area contributed by atoms with Crippen molar-refractivity contribution >= 4 is 23.6 Å². The number of benzene rings is 3. The molecule has 0 aromatic heterocycles. The van der Waals surface area contributed by atoms with Crippen molar-refractivity contribution in [3.05, 3.63) is 101 Å². The molecular weight excluding hydrogens is 695 g/mol. The standard InChI is InChI=1S/C44H61N5O6/c1-30(12-15-45-2)39(42(50)51)23-31-6-3-9-34(20-31)28-49(29-35-10-4-7-32(21-35)24-40(43(52)53)36-13-16-46-26-36)19-18-48-38-11-5-8-33(22-38)25-41(44(54)55)37-14-17-47-27-37/h3-11,20-22,30,36-37,39-41,45-48H,12-19,23-29H2,1-2H3,(H,50,51)(H,52,53)(H,54,55)/t30-,36+,37+,39+,40+,41+/m1/s1. The summed E-state index contributed by atoms with van der Waals surface area (Å²) in [6, 6.07) is 24.6. The fraction of sp³-hybridized carbons (Fsp3) is 0.523. The quantitative estimate of drug-likeness (QED) is 0.0698. The molecular formula is C44H61N5O6. The van der Waals surface area contributed by atoms with Gasteiger partial charge in [0.25, 0.3) is 0 Å². The maximum atomic E-state index is 12.3. The molecule has 2 aliphatic heterocycles. The monoisotopic (exact) mass is 755 g/mol. The van der Waals surface area contributed by atoms with Gasteiger partial charge in [0.2, 0.25) is 0 Å². The summed E-state index contributed by atoms with van der Waals surface area (Å²) in [5, 5.41) is 43.4. The fourth-order valence-electron chi connectivity index (χ4n) is 8.43. The van der Waals surface area contributed by atoms with Crippen LogP contribution in [-0.2, 0) is 46.7 Å². The molecule has 0 radical (unpaired) electrons. The predicted octanol–water partition coefficient (Wildman–Crippen LogP) is 5.00. The number of carboxylic acids is 3. The smallest absolute Gasteiger partial charge is 0.307 e. The van der Waals surface area contributed by atoms with Crippen LogP contribution in [0.3, 0.4) is 0 Å². The van der Waals surface area contributed by atoms with E-state index in [1.165, 1.54) is 0 Å². The minimum atomic E-state index is -0.769. The molecule has 2 fully saturated rings. The van der Waals surface area contributed by atoms with Crippen molar-refractivity contribution in [1.29, 1.82) is 0 Å². The van der Waals surface area contributed by atoms with Gasteiger partial charge in [-0.15, -0.1) is 0 Å². The molecule has 2 aliphatic rings. The molecule has 3 aromatic rings. The number of anilines is 1. The summed E-state index contributed by atoms with van der Waals surface area (Å²) in [4.78, 5) is 39.1. The van der Waals surface area contributed by atoms with Gasteiger partial charge in [-0.2, -0.15) is 0 Å². The highest BCUT2D eigenvalue weighted by Crippen LogP contribution is 2.27. The van der Waals surface area contributed by atoms with Crippen LogP contribution in [0.15, 0.2) is 72.8 Å². The summed E-state index contributed by atoms with van der Waals surface area (Å²) in [5.74, 6) is -3.30. The van der Waals surface area contributed by atoms with E-state index in [0.29, 0.717) is 45.4 Å². The minimum Gasteiger partial charge on any atom is -0.481 e. The molecule has 298 valence electrons. The summed E-state index contributed by atoms with van der Waals surface area (Å²) in [5.41, 5.74) is 6.19. The number of carbonyl (C=O) groups is 3. The van der Waals surface area contributed by atoms with Gasteiger partial charge in [-0.1, -0.05) is 67.6 Å². The summed E-state index contributed by atoms with van der Waals surface area (Å²) in [6.45, 7) is 8.63. The number of hydrogen-bond donors (Lipinski definition) is 7. The van der Waals surface area contributed by atoms with Crippen LogP contribution >= 0.6 is 0 Å². The molecule has 0 amide bonds. The van der Waals surface area contributed by atoms with Gasteiger partial charge in [0, 0.05) is 31.9 Å². The third kappa shape index (κ3) is 12.9. The molecule has 5 rings (SSSR count). The first-order chi connectivity index (χ1) is 26.6. The minimum absolute atomic E-state index is 0.0299. The Kier molecular flexibility index (Phi) is 16.1. The van der Waals surface area contributed by atoms with E-state index in [4.69, 9.17) is 0 Å². The molecule has 55 heavy (non-hydrogen) atoms. The van der Waals surface area contributed by atoms with Crippen molar-refractivity contribution in [3.63, 3.8) is 0 Å². The average Bonchev–Trinajstić information content (AvgIpc) is 3.90. The van der Waals surface area contributed by atoms with Crippen molar-refractivity contribution in [3.8, 4) is 0 Å². The zero-order chi connectivity index (χ0) is 39.2. The van der Waals surface area contributed by atoms with Gasteiger partial charge >= 0.3 is 17.9 Å². The molecule has 0 unspecified atom stereocenters. The topological polar surface area (TPSA) is 163 Å². The molecule has 11 nitrogen and oxygen atoms in total. The Hall–Kier alpha value is -4.29. The number of nitrogens with one attached hydrogen (secondary N) is 4. The van der Waals surface area contributed by atoms with Crippen molar-refractivity contribution in [2.75, 3.05) is 58.2 Å². The molecule has 0 spiro atoms. The van der Waals surface area contributed by atoms with Crippen LogP contribution in [0.25, 0.3) is 0 Å². The van der Waals surface area contributed by atoms with Gasteiger partial charge < -0.3 is 36.6 Å². The number of rotatable bonds is 23. The van der Waals surface area contributed by atoms with E-state index in [2.05, 4.69) is 56.5 Å².